The van der Waals surface area contributed by atoms with E-state index in [9.17, 15) is 10.2 Å². The third-order valence-electron chi connectivity index (χ3n) is 4.51. The number of thioether (sulfide) groups is 1. The first kappa shape index (κ1) is 21.8. The molecule has 3 aromatic carbocycles. The average molecular weight is 415 g/mol. The molecule has 0 spiro atoms. The molecule has 0 fully saturated rings. The van der Waals surface area contributed by atoms with Crippen molar-refractivity contribution in [1.82, 2.24) is 0 Å². The number of aliphatic hydroxyl groups is 1. The lowest BCUT2D eigenvalue weighted by molar-refractivity contribution is 0.143. The predicted molar refractivity (Wildman–Crippen MR) is 127 cm³/mol. The molecule has 3 rings (SSSR count). The number of rotatable bonds is 5. The second-order valence-corrected chi connectivity index (χ2v) is 8.72. The first-order valence-electron chi connectivity index (χ1n) is 9.86. The van der Waals surface area contributed by atoms with Crippen LogP contribution in [0.15, 0.2) is 83.8 Å². The molecule has 2 N–H and O–H groups in total. The number of phenolic OH excluding ortho intramolecular Hbond substituents is 1. The van der Waals surface area contributed by atoms with Crippen LogP contribution in [0.4, 0.5) is 0 Å². The van der Waals surface area contributed by atoms with E-state index in [1.807, 2.05) is 37.3 Å². The fourth-order valence-corrected chi connectivity index (χ4v) is 3.74. The summed E-state index contributed by atoms with van der Waals surface area (Å²) in [6.45, 7) is 5.26. The van der Waals surface area contributed by atoms with Crippen molar-refractivity contribution in [3.63, 3.8) is 0 Å². The molecule has 3 heteroatoms. The number of aryl methyl sites for hydroxylation is 1. The Morgan fingerprint density at radius 3 is 2.27 bits per heavy atom. The minimum absolute atomic E-state index is 0.310. The van der Waals surface area contributed by atoms with Gasteiger partial charge >= 0.3 is 0 Å². The minimum Gasteiger partial charge on any atom is -0.508 e. The predicted octanol–water partition coefficient (Wildman–Crippen LogP) is 6.32. The highest BCUT2D eigenvalue weighted by atomic mass is 32.2. The van der Waals surface area contributed by atoms with Gasteiger partial charge in [0.1, 0.15) is 11.4 Å². The van der Waals surface area contributed by atoms with Crippen molar-refractivity contribution < 1.29 is 10.2 Å². The highest BCUT2D eigenvalue weighted by Gasteiger charge is 2.08. The van der Waals surface area contributed by atoms with Crippen LogP contribution < -0.4 is 0 Å². The van der Waals surface area contributed by atoms with E-state index in [0.29, 0.717) is 5.75 Å². The summed E-state index contributed by atoms with van der Waals surface area (Å²) in [6, 6.07) is 24.2. The van der Waals surface area contributed by atoms with Crippen molar-refractivity contribution in [2.24, 2.45) is 0 Å². The van der Waals surface area contributed by atoms with Gasteiger partial charge in [-0.2, -0.15) is 0 Å². The van der Waals surface area contributed by atoms with Crippen LogP contribution in [0.1, 0.15) is 25.0 Å². The Morgan fingerprint density at radius 1 is 0.967 bits per heavy atom. The summed E-state index contributed by atoms with van der Waals surface area (Å²) in [4.78, 5) is 1.09. The third-order valence-corrected chi connectivity index (χ3v) is 5.43. The van der Waals surface area contributed by atoms with Gasteiger partial charge in [-0.1, -0.05) is 72.5 Å². The fraction of sp³-hybridized carbons (Fsp3) is 0.185. The summed E-state index contributed by atoms with van der Waals surface area (Å²) in [7, 11) is 0. The molecule has 0 aliphatic carbocycles. The van der Waals surface area contributed by atoms with E-state index in [1.165, 1.54) is 5.56 Å². The highest BCUT2D eigenvalue weighted by molar-refractivity contribution is 7.99. The van der Waals surface area contributed by atoms with Gasteiger partial charge < -0.3 is 10.2 Å². The van der Waals surface area contributed by atoms with Crippen LogP contribution in [-0.2, 0) is 0 Å². The van der Waals surface area contributed by atoms with Crippen LogP contribution in [0.3, 0.4) is 0 Å². The maximum Gasteiger partial charge on any atom is 0.120 e. The molecule has 0 saturated heterocycles. The Labute approximate surface area is 183 Å². The Hall–Kier alpha value is -2.93. The van der Waals surface area contributed by atoms with Gasteiger partial charge in [0.25, 0.3) is 0 Å². The summed E-state index contributed by atoms with van der Waals surface area (Å²) in [5, 5.41) is 19.7. The van der Waals surface area contributed by atoms with Crippen LogP contribution in [0.5, 0.6) is 5.75 Å². The zero-order valence-corrected chi connectivity index (χ0v) is 18.3. The molecule has 0 aromatic heterocycles. The van der Waals surface area contributed by atoms with Gasteiger partial charge in [0.2, 0.25) is 0 Å². The zero-order chi connectivity index (χ0) is 21.6. The van der Waals surface area contributed by atoms with Crippen molar-refractivity contribution in [2.45, 2.75) is 31.3 Å². The number of aromatic hydroxyl groups is 1. The second-order valence-electron chi connectivity index (χ2n) is 7.63. The van der Waals surface area contributed by atoms with Gasteiger partial charge in [-0.3, -0.25) is 0 Å². The van der Waals surface area contributed by atoms with Crippen LogP contribution in [0.25, 0.3) is 16.7 Å². The van der Waals surface area contributed by atoms with Crippen molar-refractivity contribution in [3.8, 4) is 28.7 Å². The van der Waals surface area contributed by atoms with E-state index < -0.39 is 5.60 Å². The average Bonchev–Trinajstić information content (AvgIpc) is 2.73. The molecule has 0 unspecified atom stereocenters. The van der Waals surface area contributed by atoms with E-state index >= 15 is 0 Å². The van der Waals surface area contributed by atoms with Crippen molar-refractivity contribution in [2.75, 3.05) is 5.75 Å². The first-order valence-corrected chi connectivity index (χ1v) is 10.8. The number of allylic oxidation sites excluding steroid dienone is 1. The summed E-state index contributed by atoms with van der Waals surface area (Å²) in [5.41, 5.74) is 4.05. The van der Waals surface area contributed by atoms with Gasteiger partial charge in [-0.15, -0.1) is 11.8 Å². The normalized spacial score (nSPS) is 11.7. The molecule has 0 aliphatic rings. The largest absolute Gasteiger partial charge is 0.508 e. The second kappa shape index (κ2) is 9.71. The number of benzene rings is 3. The van der Waals surface area contributed by atoms with Gasteiger partial charge in [-0.05, 0) is 61.2 Å². The molecule has 0 radical (unpaired) electrons. The molecule has 0 saturated carbocycles. The van der Waals surface area contributed by atoms with Gasteiger partial charge in [0.05, 0.1) is 0 Å². The molecule has 0 amide bonds. The van der Waals surface area contributed by atoms with Gasteiger partial charge in [0, 0.05) is 16.2 Å². The molecule has 0 heterocycles. The van der Waals surface area contributed by atoms with Crippen molar-refractivity contribution in [3.05, 3.63) is 90.0 Å². The van der Waals surface area contributed by atoms with Gasteiger partial charge in [0.15, 0.2) is 0 Å². The molecular weight excluding hydrogens is 388 g/mol. The lowest BCUT2D eigenvalue weighted by atomic mass is 10.00. The molecular formula is C27H26O2S. The standard InChI is InChI=1S/C27H26O2S/c1-20-19-25(13-14-26(20)28)30-18-16-24(15-17-27(2,3)29)23-11-9-22(10-12-23)21-7-5-4-6-8-21/h4-14,16,19,28-29H,18H2,1-3H3/b24-16+. The first-order chi connectivity index (χ1) is 14.3. The monoisotopic (exact) mass is 414 g/mol. The topological polar surface area (TPSA) is 40.5 Å². The Bertz CT molecular complexity index is 1080. The smallest absolute Gasteiger partial charge is 0.120 e. The van der Waals surface area contributed by atoms with Crippen LogP contribution >= 0.6 is 11.8 Å². The van der Waals surface area contributed by atoms with E-state index in [1.54, 1.807) is 31.7 Å². The van der Waals surface area contributed by atoms with E-state index in [0.717, 1.165) is 32.9 Å². The summed E-state index contributed by atoms with van der Waals surface area (Å²) in [5.74, 6) is 7.12. The Balaban J connectivity index is 1.83. The summed E-state index contributed by atoms with van der Waals surface area (Å²) >= 11 is 1.68. The van der Waals surface area contributed by atoms with E-state index in [2.05, 4.69) is 54.3 Å². The highest BCUT2D eigenvalue weighted by Crippen LogP contribution is 2.27. The number of hydrogen-bond acceptors (Lipinski definition) is 3. The molecule has 0 bridgehead atoms. The Morgan fingerprint density at radius 2 is 1.63 bits per heavy atom. The quantitative estimate of drug-likeness (QED) is 0.379. The summed E-state index contributed by atoms with van der Waals surface area (Å²) < 4.78 is 0. The number of phenols is 1. The molecule has 152 valence electrons. The lowest BCUT2D eigenvalue weighted by Crippen LogP contribution is -2.14. The van der Waals surface area contributed by atoms with E-state index in [4.69, 9.17) is 0 Å². The van der Waals surface area contributed by atoms with Crippen LogP contribution in [0, 0.1) is 18.8 Å². The lowest BCUT2D eigenvalue weighted by Gasteiger charge is -2.08. The molecule has 2 nitrogen and oxygen atoms in total. The maximum absolute atomic E-state index is 10.0. The van der Waals surface area contributed by atoms with Crippen molar-refractivity contribution in [1.29, 1.82) is 0 Å². The fourth-order valence-electron chi connectivity index (χ4n) is 2.87. The van der Waals surface area contributed by atoms with E-state index in [-0.39, 0.29) is 0 Å². The van der Waals surface area contributed by atoms with Crippen molar-refractivity contribution >= 4 is 17.3 Å². The zero-order valence-electron chi connectivity index (χ0n) is 17.5. The molecule has 3 aromatic rings. The third kappa shape index (κ3) is 6.29. The Kier molecular flexibility index (Phi) is 7.05. The minimum atomic E-state index is -1.05. The van der Waals surface area contributed by atoms with Gasteiger partial charge in [-0.25, -0.2) is 0 Å². The summed E-state index contributed by atoms with van der Waals surface area (Å²) in [6.07, 6.45) is 2.09. The van der Waals surface area contributed by atoms with Crippen LogP contribution in [0.2, 0.25) is 0 Å². The van der Waals surface area contributed by atoms with Crippen LogP contribution in [-0.4, -0.2) is 21.6 Å². The maximum atomic E-state index is 10.0. The SMILES string of the molecule is Cc1cc(SC/C=C(\C#CC(C)(C)O)c2ccc(-c3ccccc3)cc2)ccc1O. The number of hydrogen-bond donors (Lipinski definition) is 2. The molecule has 0 aliphatic heterocycles. The molecule has 0 atom stereocenters. The molecule has 30 heavy (non-hydrogen) atoms.